The first kappa shape index (κ1) is 20.6. The lowest BCUT2D eigenvalue weighted by atomic mass is 10.0. The fourth-order valence-electron chi connectivity index (χ4n) is 2.07. The number of carbonyl (C=O) groups excluding carboxylic acids is 1. The molecule has 0 aliphatic rings. The second-order valence-corrected chi connectivity index (χ2v) is 5.79. The van der Waals surface area contributed by atoms with Gasteiger partial charge in [-0.15, -0.1) is 0 Å². The van der Waals surface area contributed by atoms with Crippen molar-refractivity contribution in [2.24, 2.45) is 4.99 Å². The van der Waals surface area contributed by atoms with Crippen LogP contribution in [0.2, 0.25) is 0 Å². The van der Waals surface area contributed by atoms with Gasteiger partial charge in [-0.05, 0) is 44.5 Å². The molecule has 0 saturated heterocycles. The third-order valence-electron chi connectivity index (χ3n) is 3.69. The van der Waals surface area contributed by atoms with Crippen LogP contribution < -0.4 is 0 Å². The predicted molar refractivity (Wildman–Crippen MR) is 106 cm³/mol. The molecule has 2 aromatic rings. The Morgan fingerprint density at radius 2 is 1.92 bits per heavy atom. The Labute approximate surface area is 150 Å². The summed E-state index contributed by atoms with van der Waals surface area (Å²) in [7, 11) is 1.38. The van der Waals surface area contributed by atoms with Crippen LogP contribution in [-0.4, -0.2) is 24.3 Å². The number of aryl methyl sites for hydroxylation is 1. The average molecular weight is 340 g/mol. The van der Waals surface area contributed by atoms with Gasteiger partial charge in [0.15, 0.2) is 0 Å². The van der Waals surface area contributed by atoms with Gasteiger partial charge >= 0.3 is 5.97 Å². The summed E-state index contributed by atoms with van der Waals surface area (Å²) in [6.07, 6.45) is 6.07. The number of esters is 1. The maximum Gasteiger partial charge on any atom is 0.338 e. The van der Waals surface area contributed by atoms with Crippen molar-refractivity contribution >= 4 is 28.7 Å². The number of pyridine rings is 1. The second kappa shape index (κ2) is 10.4. The van der Waals surface area contributed by atoms with E-state index in [0.29, 0.717) is 5.56 Å². The Balaban J connectivity index is 0.000000705. The monoisotopic (exact) mass is 340 g/mol. The minimum absolute atomic E-state index is 0.360. The van der Waals surface area contributed by atoms with Gasteiger partial charge in [0, 0.05) is 17.8 Å². The summed E-state index contributed by atoms with van der Waals surface area (Å²) < 4.78 is 4.88. The molecule has 0 N–H and O–H groups in total. The first-order valence-corrected chi connectivity index (χ1v) is 8.63. The van der Waals surface area contributed by atoms with Crippen molar-refractivity contribution in [3.63, 3.8) is 0 Å². The number of unbranched alkanes of at least 4 members (excludes halogenated alkanes) is 1. The molecule has 0 radical (unpaired) electrons. The Morgan fingerprint density at radius 1 is 1.24 bits per heavy atom. The lowest BCUT2D eigenvalue weighted by Crippen LogP contribution is -2.04. The smallest absolute Gasteiger partial charge is 0.338 e. The zero-order chi connectivity index (χ0) is 18.8. The minimum Gasteiger partial charge on any atom is -0.465 e. The Hall–Kier alpha value is -2.49. The van der Waals surface area contributed by atoms with E-state index in [0.717, 1.165) is 27.7 Å². The van der Waals surface area contributed by atoms with Crippen molar-refractivity contribution < 1.29 is 9.53 Å². The second-order valence-electron chi connectivity index (χ2n) is 5.79. The van der Waals surface area contributed by atoms with Crippen molar-refractivity contribution in [3.8, 4) is 0 Å². The van der Waals surface area contributed by atoms with E-state index in [1.165, 1.54) is 20.0 Å². The summed E-state index contributed by atoms with van der Waals surface area (Å²) in [5.41, 5.74) is 3.98. The van der Waals surface area contributed by atoms with Crippen molar-refractivity contribution in [2.45, 2.75) is 47.5 Å². The van der Waals surface area contributed by atoms with E-state index in [-0.39, 0.29) is 5.97 Å². The van der Waals surface area contributed by atoms with Gasteiger partial charge in [-0.3, -0.25) is 4.99 Å². The Bertz CT molecular complexity index is 775. The van der Waals surface area contributed by atoms with Gasteiger partial charge in [0.05, 0.1) is 23.9 Å². The molecule has 0 amide bonds. The van der Waals surface area contributed by atoms with Crippen LogP contribution in [0, 0.1) is 6.92 Å². The SMILES string of the molecule is CC=N/C=C(\C)c1cc(C(=O)OC)c2cc(C)ccc2n1.CCCC. The van der Waals surface area contributed by atoms with E-state index in [1.54, 1.807) is 18.5 Å². The molecule has 0 aliphatic heterocycles. The number of fused-ring (bicyclic) bond motifs is 1. The fourth-order valence-corrected chi connectivity index (χ4v) is 2.07. The number of rotatable bonds is 4. The molecular formula is C21H28N2O2. The van der Waals surface area contributed by atoms with Crippen LogP contribution in [0.1, 0.15) is 62.2 Å². The topological polar surface area (TPSA) is 51.5 Å². The molecule has 4 nitrogen and oxygen atoms in total. The number of ether oxygens (including phenoxy) is 1. The summed E-state index contributed by atoms with van der Waals surface area (Å²) in [4.78, 5) is 20.7. The minimum atomic E-state index is -0.360. The first-order valence-electron chi connectivity index (χ1n) is 8.63. The van der Waals surface area contributed by atoms with Crippen molar-refractivity contribution in [3.05, 3.63) is 47.3 Å². The first-order chi connectivity index (χ1) is 12.0. The summed E-state index contributed by atoms with van der Waals surface area (Å²) in [6.45, 7) is 10.1. The fraction of sp³-hybridized carbons (Fsp3) is 0.381. The normalized spacial score (nSPS) is 11.4. The number of aliphatic imine (C=N–C) groups is 1. The zero-order valence-corrected chi connectivity index (χ0v) is 16.1. The van der Waals surface area contributed by atoms with E-state index in [9.17, 15) is 4.79 Å². The van der Waals surface area contributed by atoms with Crippen molar-refractivity contribution in [2.75, 3.05) is 7.11 Å². The third kappa shape index (κ3) is 5.82. The van der Waals surface area contributed by atoms with Gasteiger partial charge in [-0.2, -0.15) is 0 Å². The van der Waals surface area contributed by atoms with Crippen LogP contribution in [0.15, 0.2) is 35.5 Å². The van der Waals surface area contributed by atoms with E-state index in [1.807, 2.05) is 39.0 Å². The van der Waals surface area contributed by atoms with Gasteiger partial charge in [-0.25, -0.2) is 9.78 Å². The number of carbonyl (C=O) groups is 1. The predicted octanol–water partition coefficient (Wildman–Crippen LogP) is 5.59. The summed E-state index contributed by atoms with van der Waals surface area (Å²) >= 11 is 0. The Kier molecular flexibility index (Phi) is 8.54. The van der Waals surface area contributed by atoms with Crippen LogP contribution in [0.25, 0.3) is 16.5 Å². The maximum atomic E-state index is 12.0. The molecule has 0 unspecified atom stereocenters. The van der Waals surface area contributed by atoms with E-state index in [2.05, 4.69) is 23.8 Å². The zero-order valence-electron chi connectivity index (χ0n) is 16.1. The Morgan fingerprint density at radius 3 is 2.48 bits per heavy atom. The van der Waals surface area contributed by atoms with Crippen LogP contribution in [-0.2, 0) is 4.74 Å². The molecule has 0 aliphatic carbocycles. The van der Waals surface area contributed by atoms with Gasteiger partial charge in [0.2, 0.25) is 0 Å². The van der Waals surface area contributed by atoms with E-state index >= 15 is 0 Å². The van der Waals surface area contributed by atoms with Crippen LogP contribution in [0.5, 0.6) is 0 Å². The molecule has 25 heavy (non-hydrogen) atoms. The number of aromatic nitrogens is 1. The van der Waals surface area contributed by atoms with Gasteiger partial charge in [-0.1, -0.05) is 38.3 Å². The van der Waals surface area contributed by atoms with E-state index < -0.39 is 0 Å². The molecule has 1 aromatic carbocycles. The number of benzene rings is 1. The molecular weight excluding hydrogens is 312 g/mol. The standard InChI is InChI=1S/C17H18N2O2.C4H10/c1-5-18-10-12(3)16-9-14(17(20)21-4)13-8-11(2)6-7-15(13)19-16;1-3-4-2/h5-10H,1-4H3;3-4H2,1-2H3/b12-10+,18-5?;. The van der Waals surface area contributed by atoms with E-state index in [4.69, 9.17) is 4.74 Å². The average Bonchev–Trinajstić information content (AvgIpc) is 2.64. The highest BCUT2D eigenvalue weighted by Crippen LogP contribution is 2.24. The molecule has 1 aromatic heterocycles. The van der Waals surface area contributed by atoms with Gasteiger partial charge in [0.25, 0.3) is 0 Å². The molecule has 0 spiro atoms. The summed E-state index contributed by atoms with van der Waals surface area (Å²) in [5, 5.41) is 0.803. The van der Waals surface area contributed by atoms with Crippen molar-refractivity contribution in [1.82, 2.24) is 4.98 Å². The molecule has 1 heterocycles. The lowest BCUT2D eigenvalue weighted by Gasteiger charge is -2.09. The molecule has 0 fully saturated rings. The molecule has 4 heteroatoms. The summed E-state index contributed by atoms with van der Waals surface area (Å²) in [5.74, 6) is -0.360. The highest BCUT2D eigenvalue weighted by Gasteiger charge is 2.14. The van der Waals surface area contributed by atoms with Crippen LogP contribution >= 0.6 is 0 Å². The largest absolute Gasteiger partial charge is 0.465 e. The van der Waals surface area contributed by atoms with Crippen molar-refractivity contribution in [1.29, 1.82) is 0 Å². The number of allylic oxidation sites excluding steroid dienone is 1. The quantitative estimate of drug-likeness (QED) is 0.538. The number of methoxy groups -OCH3 is 1. The van der Waals surface area contributed by atoms with Crippen LogP contribution in [0.4, 0.5) is 0 Å². The number of hydrogen-bond donors (Lipinski definition) is 0. The molecule has 0 atom stereocenters. The number of nitrogens with zero attached hydrogens (tertiary/aromatic N) is 2. The molecule has 0 saturated carbocycles. The highest BCUT2D eigenvalue weighted by atomic mass is 16.5. The van der Waals surface area contributed by atoms with Gasteiger partial charge in [0.1, 0.15) is 0 Å². The molecule has 2 rings (SSSR count). The lowest BCUT2D eigenvalue weighted by molar-refractivity contribution is 0.0603. The third-order valence-corrected chi connectivity index (χ3v) is 3.69. The van der Waals surface area contributed by atoms with Gasteiger partial charge < -0.3 is 4.74 Å². The highest BCUT2D eigenvalue weighted by molar-refractivity contribution is 6.04. The maximum absolute atomic E-state index is 12.0. The summed E-state index contributed by atoms with van der Waals surface area (Å²) in [6, 6.07) is 7.59. The molecule has 0 bridgehead atoms. The van der Waals surface area contributed by atoms with Crippen LogP contribution in [0.3, 0.4) is 0 Å². The molecule has 134 valence electrons. The number of hydrogen-bond acceptors (Lipinski definition) is 4.